The SMILES string of the molecule is CC(C)CC(=O)Nc1nc(C(=O)N2CCN(C(=O)C3CCCO3)CC2)cs1. The van der Waals surface area contributed by atoms with Crippen LogP contribution in [0.5, 0.6) is 0 Å². The van der Waals surface area contributed by atoms with E-state index in [9.17, 15) is 14.4 Å². The van der Waals surface area contributed by atoms with Crippen LogP contribution in [0.25, 0.3) is 0 Å². The number of nitrogens with one attached hydrogen (secondary N) is 1. The van der Waals surface area contributed by atoms with Crippen LogP contribution in [0.4, 0.5) is 5.13 Å². The Morgan fingerprint density at radius 2 is 1.96 bits per heavy atom. The van der Waals surface area contributed by atoms with Crippen molar-refractivity contribution in [2.24, 2.45) is 5.92 Å². The monoisotopic (exact) mass is 394 g/mol. The van der Waals surface area contributed by atoms with E-state index >= 15 is 0 Å². The van der Waals surface area contributed by atoms with Crippen molar-refractivity contribution in [2.75, 3.05) is 38.1 Å². The summed E-state index contributed by atoms with van der Waals surface area (Å²) in [5.74, 6) is 0.0301. The molecule has 2 aliphatic rings. The van der Waals surface area contributed by atoms with Crippen molar-refractivity contribution < 1.29 is 19.1 Å². The van der Waals surface area contributed by atoms with Gasteiger partial charge in [0.05, 0.1) is 0 Å². The van der Waals surface area contributed by atoms with Crippen LogP contribution in [0.15, 0.2) is 5.38 Å². The molecule has 0 radical (unpaired) electrons. The number of thiazole rings is 1. The summed E-state index contributed by atoms with van der Waals surface area (Å²) in [6.07, 6.45) is 1.81. The van der Waals surface area contributed by atoms with E-state index in [2.05, 4.69) is 10.3 Å². The van der Waals surface area contributed by atoms with Gasteiger partial charge < -0.3 is 19.9 Å². The second kappa shape index (κ2) is 8.79. The van der Waals surface area contributed by atoms with E-state index in [0.717, 1.165) is 12.8 Å². The molecule has 1 atom stereocenters. The van der Waals surface area contributed by atoms with E-state index in [0.29, 0.717) is 50.0 Å². The Hall–Kier alpha value is -2.00. The first-order valence-electron chi connectivity index (χ1n) is 9.39. The second-order valence-electron chi connectivity index (χ2n) is 7.30. The molecule has 0 spiro atoms. The van der Waals surface area contributed by atoms with Crippen molar-refractivity contribution >= 4 is 34.2 Å². The van der Waals surface area contributed by atoms with Gasteiger partial charge in [0.1, 0.15) is 11.8 Å². The molecular weight excluding hydrogens is 368 g/mol. The fourth-order valence-electron chi connectivity index (χ4n) is 3.24. The van der Waals surface area contributed by atoms with E-state index in [1.54, 1.807) is 15.2 Å². The van der Waals surface area contributed by atoms with Crippen LogP contribution < -0.4 is 5.32 Å². The van der Waals surface area contributed by atoms with Gasteiger partial charge in [-0.2, -0.15) is 0 Å². The Morgan fingerprint density at radius 3 is 2.59 bits per heavy atom. The van der Waals surface area contributed by atoms with Gasteiger partial charge in [-0.15, -0.1) is 11.3 Å². The molecule has 2 aliphatic heterocycles. The number of hydrogen-bond acceptors (Lipinski definition) is 6. The van der Waals surface area contributed by atoms with Gasteiger partial charge in [0.2, 0.25) is 5.91 Å². The molecule has 0 aliphatic carbocycles. The lowest BCUT2D eigenvalue weighted by atomic mass is 10.1. The van der Waals surface area contributed by atoms with Crippen LogP contribution >= 0.6 is 11.3 Å². The number of ether oxygens (including phenoxy) is 1. The smallest absolute Gasteiger partial charge is 0.273 e. The van der Waals surface area contributed by atoms with Gasteiger partial charge in [-0.05, 0) is 18.8 Å². The molecule has 0 bridgehead atoms. The third-order valence-electron chi connectivity index (χ3n) is 4.65. The predicted octanol–water partition coefficient (Wildman–Crippen LogP) is 1.59. The van der Waals surface area contributed by atoms with Gasteiger partial charge >= 0.3 is 0 Å². The summed E-state index contributed by atoms with van der Waals surface area (Å²) in [5.41, 5.74) is 0.332. The maximum absolute atomic E-state index is 12.6. The fourth-order valence-corrected chi connectivity index (χ4v) is 3.94. The average molecular weight is 394 g/mol. The minimum Gasteiger partial charge on any atom is -0.368 e. The lowest BCUT2D eigenvalue weighted by Gasteiger charge is -2.35. The van der Waals surface area contributed by atoms with Crippen molar-refractivity contribution in [3.05, 3.63) is 11.1 Å². The van der Waals surface area contributed by atoms with Crippen molar-refractivity contribution in [1.82, 2.24) is 14.8 Å². The van der Waals surface area contributed by atoms with Gasteiger partial charge in [0, 0.05) is 44.6 Å². The molecule has 3 rings (SSSR count). The number of nitrogens with zero attached hydrogens (tertiary/aromatic N) is 3. The minimum absolute atomic E-state index is 0.0309. The minimum atomic E-state index is -0.317. The zero-order valence-corrected chi connectivity index (χ0v) is 16.6. The average Bonchev–Trinajstić information content (AvgIpc) is 3.32. The molecule has 1 aromatic rings. The first-order chi connectivity index (χ1) is 12.9. The van der Waals surface area contributed by atoms with Gasteiger partial charge in [-0.1, -0.05) is 13.8 Å². The summed E-state index contributed by atoms with van der Waals surface area (Å²) in [6.45, 7) is 6.56. The highest BCUT2D eigenvalue weighted by Gasteiger charge is 2.32. The summed E-state index contributed by atoms with van der Waals surface area (Å²) >= 11 is 1.25. The molecule has 8 nitrogen and oxygen atoms in total. The van der Waals surface area contributed by atoms with Gasteiger partial charge in [-0.3, -0.25) is 14.4 Å². The third-order valence-corrected chi connectivity index (χ3v) is 5.40. The van der Waals surface area contributed by atoms with E-state index in [1.807, 2.05) is 13.8 Å². The topological polar surface area (TPSA) is 91.8 Å². The summed E-state index contributed by atoms with van der Waals surface area (Å²) < 4.78 is 5.46. The predicted molar refractivity (Wildman–Crippen MR) is 102 cm³/mol. The number of carbonyl (C=O) groups excluding carboxylic acids is 3. The Bertz CT molecular complexity index is 691. The Kier molecular flexibility index (Phi) is 6.43. The van der Waals surface area contributed by atoms with Crippen LogP contribution in [-0.4, -0.2) is 71.4 Å². The first-order valence-corrected chi connectivity index (χ1v) is 10.3. The fraction of sp³-hybridized carbons (Fsp3) is 0.667. The molecule has 0 saturated carbocycles. The van der Waals surface area contributed by atoms with Gasteiger partial charge in [0.15, 0.2) is 5.13 Å². The van der Waals surface area contributed by atoms with Gasteiger partial charge in [0.25, 0.3) is 11.8 Å². The Balaban J connectivity index is 1.50. The van der Waals surface area contributed by atoms with E-state index in [1.165, 1.54) is 11.3 Å². The van der Waals surface area contributed by atoms with Crippen LogP contribution in [-0.2, 0) is 14.3 Å². The molecule has 1 aromatic heterocycles. The Morgan fingerprint density at radius 1 is 1.26 bits per heavy atom. The molecule has 2 saturated heterocycles. The molecule has 0 aromatic carbocycles. The number of rotatable bonds is 5. The number of aromatic nitrogens is 1. The molecule has 9 heteroatoms. The zero-order valence-electron chi connectivity index (χ0n) is 15.8. The number of amides is 3. The van der Waals surface area contributed by atoms with E-state index in [-0.39, 0.29) is 29.7 Å². The Labute approximate surface area is 162 Å². The van der Waals surface area contributed by atoms with Crippen molar-refractivity contribution in [2.45, 2.75) is 39.2 Å². The lowest BCUT2D eigenvalue weighted by molar-refractivity contribution is -0.142. The lowest BCUT2D eigenvalue weighted by Crippen LogP contribution is -2.52. The van der Waals surface area contributed by atoms with Crippen LogP contribution in [0, 0.1) is 5.92 Å². The molecule has 1 unspecified atom stereocenters. The zero-order chi connectivity index (χ0) is 19.4. The molecule has 27 heavy (non-hydrogen) atoms. The largest absolute Gasteiger partial charge is 0.368 e. The van der Waals surface area contributed by atoms with Crippen LogP contribution in [0.3, 0.4) is 0 Å². The van der Waals surface area contributed by atoms with Crippen LogP contribution in [0.2, 0.25) is 0 Å². The van der Waals surface area contributed by atoms with E-state index in [4.69, 9.17) is 4.74 Å². The number of anilines is 1. The van der Waals surface area contributed by atoms with Crippen LogP contribution in [0.1, 0.15) is 43.6 Å². The summed E-state index contributed by atoms with van der Waals surface area (Å²) in [7, 11) is 0. The maximum Gasteiger partial charge on any atom is 0.273 e. The highest BCUT2D eigenvalue weighted by molar-refractivity contribution is 7.14. The highest BCUT2D eigenvalue weighted by Crippen LogP contribution is 2.20. The van der Waals surface area contributed by atoms with Crippen molar-refractivity contribution in [3.8, 4) is 0 Å². The van der Waals surface area contributed by atoms with Crippen molar-refractivity contribution in [1.29, 1.82) is 0 Å². The highest BCUT2D eigenvalue weighted by atomic mass is 32.1. The standard InChI is InChI=1S/C18H26N4O4S/c1-12(2)10-15(23)20-18-19-13(11-27-18)16(24)21-5-7-22(8-6-21)17(25)14-4-3-9-26-14/h11-12,14H,3-10H2,1-2H3,(H,19,20,23). The maximum atomic E-state index is 12.6. The molecule has 1 N–H and O–H groups in total. The quantitative estimate of drug-likeness (QED) is 0.819. The molecule has 148 valence electrons. The summed E-state index contributed by atoms with van der Waals surface area (Å²) in [6, 6.07) is 0. The molecule has 3 amide bonds. The number of hydrogen-bond donors (Lipinski definition) is 1. The second-order valence-corrected chi connectivity index (χ2v) is 8.16. The molecule has 3 heterocycles. The van der Waals surface area contributed by atoms with E-state index < -0.39 is 0 Å². The van der Waals surface area contributed by atoms with Gasteiger partial charge in [-0.25, -0.2) is 4.98 Å². The summed E-state index contributed by atoms with van der Waals surface area (Å²) in [5, 5.41) is 4.84. The van der Waals surface area contributed by atoms with Crippen molar-refractivity contribution in [3.63, 3.8) is 0 Å². The third kappa shape index (κ3) is 5.04. The normalized spacial score (nSPS) is 20.2. The molecular formula is C18H26N4O4S. The molecule has 2 fully saturated rings. The number of carbonyl (C=O) groups is 3. The number of piperazine rings is 1. The first kappa shape index (κ1) is 19.8. The summed E-state index contributed by atoms with van der Waals surface area (Å²) in [4.78, 5) is 44.6.